The second-order valence-electron chi connectivity index (χ2n) is 7.15. The highest BCUT2D eigenvalue weighted by Gasteiger charge is 2.23. The van der Waals surface area contributed by atoms with Gasteiger partial charge in [-0.15, -0.1) is 0 Å². The maximum Gasteiger partial charge on any atom is 0.223 e. The number of ether oxygens (including phenoxy) is 2. The van der Waals surface area contributed by atoms with Gasteiger partial charge in [0.1, 0.15) is 18.0 Å². The number of carbonyl (C=O) groups is 1. The predicted molar refractivity (Wildman–Crippen MR) is 110 cm³/mol. The lowest BCUT2D eigenvalue weighted by atomic mass is 10.2. The van der Waals surface area contributed by atoms with Gasteiger partial charge in [0.05, 0.1) is 39.4 Å². The van der Waals surface area contributed by atoms with Crippen LogP contribution in [0.4, 0.5) is 0 Å². The minimum atomic E-state index is 0.244. The van der Waals surface area contributed by atoms with E-state index in [1.807, 2.05) is 36.1 Å². The van der Waals surface area contributed by atoms with Gasteiger partial charge in [-0.25, -0.2) is 0 Å². The van der Waals surface area contributed by atoms with Gasteiger partial charge in [0.25, 0.3) is 0 Å². The second-order valence-corrected chi connectivity index (χ2v) is 7.15. The first-order chi connectivity index (χ1) is 13.7. The van der Waals surface area contributed by atoms with Crippen LogP contribution < -0.4 is 14.4 Å². The third-order valence-corrected chi connectivity index (χ3v) is 5.06. The Morgan fingerprint density at radius 1 is 0.964 bits per heavy atom. The molecule has 0 bridgehead atoms. The summed E-state index contributed by atoms with van der Waals surface area (Å²) < 4.78 is 11.1. The van der Waals surface area contributed by atoms with E-state index >= 15 is 0 Å². The van der Waals surface area contributed by atoms with Crippen molar-refractivity contribution < 1.29 is 19.2 Å². The molecule has 5 heteroatoms. The Kier molecular flexibility index (Phi) is 7.73. The Hall–Kier alpha value is -2.53. The van der Waals surface area contributed by atoms with Crippen LogP contribution in [0.2, 0.25) is 0 Å². The molecule has 0 radical (unpaired) electrons. The molecule has 2 aromatic carbocycles. The molecule has 28 heavy (non-hydrogen) atoms. The molecule has 0 aliphatic carbocycles. The Morgan fingerprint density at radius 2 is 1.61 bits per heavy atom. The van der Waals surface area contributed by atoms with Crippen molar-refractivity contribution >= 4 is 5.91 Å². The Balaban J connectivity index is 1.31. The van der Waals surface area contributed by atoms with Gasteiger partial charge in [-0.2, -0.15) is 0 Å². The third kappa shape index (κ3) is 6.27. The van der Waals surface area contributed by atoms with Gasteiger partial charge in [0.15, 0.2) is 0 Å². The molecule has 0 aromatic heterocycles. The first-order valence-electron chi connectivity index (χ1n) is 10.3. The molecule has 1 saturated heterocycles. The van der Waals surface area contributed by atoms with Crippen molar-refractivity contribution in [2.45, 2.75) is 26.3 Å². The monoisotopic (exact) mass is 383 g/mol. The van der Waals surface area contributed by atoms with Crippen molar-refractivity contribution in [1.29, 1.82) is 0 Å². The molecular weight excluding hydrogens is 352 g/mol. The number of nitrogens with one attached hydrogen (secondary N) is 1. The van der Waals surface area contributed by atoms with Crippen LogP contribution in [0, 0.1) is 0 Å². The van der Waals surface area contributed by atoms with Crippen LogP contribution >= 0.6 is 0 Å². The maximum absolute atomic E-state index is 12.4. The summed E-state index contributed by atoms with van der Waals surface area (Å²) in [6.07, 6.45) is 1.29. The van der Waals surface area contributed by atoms with E-state index in [0.29, 0.717) is 19.6 Å². The van der Waals surface area contributed by atoms with Gasteiger partial charge < -0.3 is 19.3 Å². The normalized spacial score (nSPS) is 14.7. The first kappa shape index (κ1) is 20.2. The fourth-order valence-electron chi connectivity index (χ4n) is 3.50. The van der Waals surface area contributed by atoms with Crippen molar-refractivity contribution in [3.05, 3.63) is 60.2 Å². The number of rotatable bonds is 9. The van der Waals surface area contributed by atoms with Crippen LogP contribution in [-0.2, 0) is 11.3 Å². The zero-order valence-electron chi connectivity index (χ0n) is 16.7. The van der Waals surface area contributed by atoms with E-state index < -0.39 is 0 Å². The molecule has 0 saturated carbocycles. The van der Waals surface area contributed by atoms with Crippen molar-refractivity contribution in [3.8, 4) is 11.5 Å². The van der Waals surface area contributed by atoms with E-state index in [9.17, 15) is 4.79 Å². The molecule has 2 aromatic rings. The summed E-state index contributed by atoms with van der Waals surface area (Å²) in [6, 6.07) is 18.2. The molecule has 3 rings (SSSR count). The third-order valence-electron chi connectivity index (χ3n) is 5.06. The van der Waals surface area contributed by atoms with E-state index in [2.05, 4.69) is 30.3 Å². The number of hydrogen-bond donors (Lipinski definition) is 1. The zero-order valence-corrected chi connectivity index (χ0v) is 16.7. The van der Waals surface area contributed by atoms with Crippen LogP contribution in [-0.4, -0.2) is 50.2 Å². The molecule has 5 nitrogen and oxygen atoms in total. The van der Waals surface area contributed by atoms with Crippen LogP contribution in [0.5, 0.6) is 11.5 Å². The standard InChI is InChI=1S/C23H30N2O3/c1-2-27-21-10-12-22(13-11-21)28-18-6-9-23(26)25-16-14-24(15-17-25)19-20-7-4-3-5-8-20/h3-5,7-8,10-13H,2,6,9,14-19H2,1H3/p+1. The number of amides is 1. The molecule has 1 fully saturated rings. The van der Waals surface area contributed by atoms with E-state index in [1.165, 1.54) is 5.56 Å². The molecule has 1 heterocycles. The van der Waals surface area contributed by atoms with Crippen LogP contribution in [0.1, 0.15) is 25.3 Å². The van der Waals surface area contributed by atoms with Crippen LogP contribution in [0.3, 0.4) is 0 Å². The summed E-state index contributed by atoms with van der Waals surface area (Å²) in [7, 11) is 0. The van der Waals surface area contributed by atoms with E-state index in [-0.39, 0.29) is 5.91 Å². The van der Waals surface area contributed by atoms with Crippen molar-refractivity contribution in [3.63, 3.8) is 0 Å². The van der Waals surface area contributed by atoms with E-state index in [1.54, 1.807) is 4.90 Å². The molecule has 150 valence electrons. The molecule has 1 aliphatic rings. The molecule has 0 spiro atoms. The number of benzene rings is 2. The summed E-state index contributed by atoms with van der Waals surface area (Å²) in [6.45, 7) is 7.95. The van der Waals surface area contributed by atoms with Gasteiger partial charge in [-0.05, 0) is 37.6 Å². The topological polar surface area (TPSA) is 43.2 Å². The molecule has 0 unspecified atom stereocenters. The predicted octanol–water partition coefficient (Wildman–Crippen LogP) is 2.17. The molecule has 1 amide bonds. The van der Waals surface area contributed by atoms with Gasteiger partial charge in [0.2, 0.25) is 5.91 Å². The summed E-state index contributed by atoms with van der Waals surface area (Å²) in [5.74, 6) is 1.90. The number of quaternary nitrogens is 1. The first-order valence-corrected chi connectivity index (χ1v) is 10.3. The smallest absolute Gasteiger partial charge is 0.223 e. The molecule has 1 N–H and O–H groups in total. The fourth-order valence-corrected chi connectivity index (χ4v) is 3.50. The zero-order chi connectivity index (χ0) is 19.6. The van der Waals surface area contributed by atoms with Crippen molar-refractivity contribution in [2.75, 3.05) is 39.4 Å². The number of hydrogen-bond acceptors (Lipinski definition) is 3. The van der Waals surface area contributed by atoms with Crippen molar-refractivity contribution in [1.82, 2.24) is 4.90 Å². The lowest BCUT2D eigenvalue weighted by Crippen LogP contribution is -3.13. The second kappa shape index (κ2) is 10.7. The fraction of sp³-hybridized carbons (Fsp3) is 0.435. The Bertz CT molecular complexity index is 710. The number of nitrogens with zero attached hydrogens (tertiary/aromatic N) is 1. The van der Waals surface area contributed by atoms with E-state index in [4.69, 9.17) is 9.47 Å². The van der Waals surface area contributed by atoms with Gasteiger partial charge in [0, 0.05) is 12.0 Å². The maximum atomic E-state index is 12.4. The number of piperazine rings is 1. The molecule has 0 atom stereocenters. The SMILES string of the molecule is CCOc1ccc(OCCCC(=O)N2CC[NH+](Cc3ccccc3)CC2)cc1. The summed E-state index contributed by atoms with van der Waals surface area (Å²) in [4.78, 5) is 16.0. The summed E-state index contributed by atoms with van der Waals surface area (Å²) in [5.41, 5.74) is 1.36. The van der Waals surface area contributed by atoms with Crippen molar-refractivity contribution in [2.24, 2.45) is 0 Å². The van der Waals surface area contributed by atoms with Crippen LogP contribution in [0.25, 0.3) is 0 Å². The van der Waals surface area contributed by atoms with Crippen LogP contribution in [0.15, 0.2) is 54.6 Å². The molecular formula is C23H31N2O3+. The highest BCUT2D eigenvalue weighted by molar-refractivity contribution is 5.76. The number of carbonyl (C=O) groups excluding carboxylic acids is 1. The average Bonchev–Trinajstić information content (AvgIpc) is 2.74. The Labute approximate surface area is 167 Å². The van der Waals surface area contributed by atoms with E-state index in [0.717, 1.165) is 50.6 Å². The quantitative estimate of drug-likeness (QED) is 0.675. The average molecular weight is 384 g/mol. The highest BCUT2D eigenvalue weighted by Crippen LogP contribution is 2.17. The summed E-state index contributed by atoms with van der Waals surface area (Å²) >= 11 is 0. The Morgan fingerprint density at radius 3 is 2.25 bits per heavy atom. The summed E-state index contributed by atoms with van der Waals surface area (Å²) in [5, 5.41) is 0. The lowest BCUT2D eigenvalue weighted by Gasteiger charge is -2.32. The lowest BCUT2D eigenvalue weighted by molar-refractivity contribution is -0.917. The van der Waals surface area contributed by atoms with Gasteiger partial charge in [-0.1, -0.05) is 30.3 Å². The largest absolute Gasteiger partial charge is 0.494 e. The minimum Gasteiger partial charge on any atom is -0.494 e. The van der Waals surface area contributed by atoms with Gasteiger partial charge >= 0.3 is 0 Å². The molecule has 1 aliphatic heterocycles. The highest BCUT2D eigenvalue weighted by atomic mass is 16.5. The minimum absolute atomic E-state index is 0.244. The van der Waals surface area contributed by atoms with Gasteiger partial charge in [-0.3, -0.25) is 4.79 Å².